The molecule has 0 unspecified atom stereocenters. The van der Waals surface area contributed by atoms with E-state index in [0.29, 0.717) is 17.9 Å². The molecule has 0 aliphatic rings. The molecule has 0 radical (unpaired) electrons. The van der Waals surface area contributed by atoms with E-state index in [1.165, 1.54) is 0 Å². The van der Waals surface area contributed by atoms with Gasteiger partial charge in [-0.05, 0) is 41.4 Å². The van der Waals surface area contributed by atoms with Crippen molar-refractivity contribution >= 4 is 21.8 Å². The number of hydrogen-bond acceptors (Lipinski definition) is 3. The van der Waals surface area contributed by atoms with Gasteiger partial charge in [-0.1, -0.05) is 6.07 Å². The van der Waals surface area contributed by atoms with Crippen molar-refractivity contribution in [3.63, 3.8) is 0 Å². The van der Waals surface area contributed by atoms with Crippen molar-refractivity contribution in [1.82, 2.24) is 9.88 Å². The number of aryl methyl sites for hydroxylation is 2. The predicted molar refractivity (Wildman–Crippen MR) is 75.9 cm³/mol. The summed E-state index contributed by atoms with van der Waals surface area (Å²) in [7, 11) is 1.77. The number of pyridine rings is 1. The molecule has 5 heteroatoms. The predicted octanol–water partition coefficient (Wildman–Crippen LogP) is 3.33. The maximum atomic E-state index is 12.4. The fourth-order valence-electron chi connectivity index (χ4n) is 1.93. The van der Waals surface area contributed by atoms with Crippen LogP contribution < -0.4 is 0 Å². The van der Waals surface area contributed by atoms with Gasteiger partial charge >= 0.3 is 0 Å². The van der Waals surface area contributed by atoms with Crippen molar-refractivity contribution in [2.45, 2.75) is 20.4 Å². The van der Waals surface area contributed by atoms with E-state index in [9.17, 15) is 4.79 Å². The number of aromatic nitrogens is 1. The van der Waals surface area contributed by atoms with Crippen LogP contribution in [0.25, 0.3) is 0 Å². The Morgan fingerprint density at radius 1 is 1.42 bits per heavy atom. The number of hydrogen-bond donors (Lipinski definition) is 0. The first-order chi connectivity index (χ1) is 9.00. The Balaban J connectivity index is 2.20. The van der Waals surface area contributed by atoms with Crippen LogP contribution in [0, 0.1) is 13.8 Å². The lowest BCUT2D eigenvalue weighted by molar-refractivity contribution is 0.0782. The summed E-state index contributed by atoms with van der Waals surface area (Å²) in [5.74, 6) is 1.29. The minimum atomic E-state index is -0.0647. The molecule has 0 fully saturated rings. The number of rotatable bonds is 3. The van der Waals surface area contributed by atoms with E-state index in [2.05, 4.69) is 20.9 Å². The molecule has 2 aromatic heterocycles. The summed E-state index contributed by atoms with van der Waals surface area (Å²) >= 11 is 3.40. The van der Waals surface area contributed by atoms with Crippen molar-refractivity contribution in [1.29, 1.82) is 0 Å². The number of nitrogens with zero attached hydrogens (tertiary/aromatic N) is 2. The lowest BCUT2D eigenvalue weighted by Gasteiger charge is -2.17. The molecule has 19 heavy (non-hydrogen) atoms. The third-order valence-electron chi connectivity index (χ3n) is 2.89. The summed E-state index contributed by atoms with van der Waals surface area (Å²) in [5.41, 5.74) is 1.58. The van der Waals surface area contributed by atoms with E-state index < -0.39 is 0 Å². The van der Waals surface area contributed by atoms with Gasteiger partial charge in [0.1, 0.15) is 11.5 Å². The maximum absolute atomic E-state index is 12.4. The second-order valence-corrected chi connectivity index (χ2v) is 5.22. The molecule has 4 nitrogen and oxygen atoms in total. The van der Waals surface area contributed by atoms with Crippen LogP contribution in [-0.4, -0.2) is 22.8 Å². The highest BCUT2D eigenvalue weighted by molar-refractivity contribution is 9.10. The number of carbonyl (C=O) groups is 1. The zero-order valence-electron chi connectivity index (χ0n) is 11.1. The minimum absolute atomic E-state index is 0.0647. The summed E-state index contributed by atoms with van der Waals surface area (Å²) in [6, 6.07) is 3.80. The van der Waals surface area contributed by atoms with Gasteiger partial charge in [-0.3, -0.25) is 9.78 Å². The molecular formula is C14H15BrN2O2. The Hall–Kier alpha value is -1.62. The molecule has 0 aliphatic carbocycles. The van der Waals surface area contributed by atoms with Crippen LogP contribution >= 0.6 is 15.9 Å². The molecule has 100 valence electrons. The zero-order chi connectivity index (χ0) is 14.0. The second kappa shape index (κ2) is 5.57. The van der Waals surface area contributed by atoms with Gasteiger partial charge in [0, 0.05) is 26.0 Å². The van der Waals surface area contributed by atoms with E-state index >= 15 is 0 Å². The molecule has 0 spiro atoms. The molecule has 2 rings (SSSR count). The maximum Gasteiger partial charge on any atom is 0.258 e. The summed E-state index contributed by atoms with van der Waals surface area (Å²) in [6.07, 6.45) is 3.47. The third kappa shape index (κ3) is 2.87. The molecule has 0 aromatic carbocycles. The minimum Gasteiger partial charge on any atom is -0.465 e. The molecule has 2 heterocycles. The SMILES string of the molecule is Cc1oc(C)c(C(=O)N(C)Cc2cccnc2)c1Br. The largest absolute Gasteiger partial charge is 0.465 e. The van der Waals surface area contributed by atoms with E-state index in [4.69, 9.17) is 4.42 Å². The van der Waals surface area contributed by atoms with Crippen LogP contribution in [0.1, 0.15) is 27.4 Å². The average molecular weight is 323 g/mol. The first kappa shape index (κ1) is 13.8. The molecular weight excluding hydrogens is 308 g/mol. The number of carbonyl (C=O) groups excluding carboxylic acids is 1. The average Bonchev–Trinajstić information content (AvgIpc) is 2.63. The third-order valence-corrected chi connectivity index (χ3v) is 3.84. The fraction of sp³-hybridized carbons (Fsp3) is 0.286. The molecule has 0 atom stereocenters. The Kier molecular flexibility index (Phi) is 4.04. The Morgan fingerprint density at radius 3 is 2.68 bits per heavy atom. The van der Waals surface area contributed by atoms with Crippen molar-refractivity contribution in [3.05, 3.63) is 51.6 Å². The van der Waals surface area contributed by atoms with Crippen molar-refractivity contribution in [2.24, 2.45) is 0 Å². The molecule has 1 amide bonds. The summed E-state index contributed by atoms with van der Waals surface area (Å²) in [6.45, 7) is 4.14. The lowest BCUT2D eigenvalue weighted by Crippen LogP contribution is -2.26. The van der Waals surface area contributed by atoms with Crippen molar-refractivity contribution in [2.75, 3.05) is 7.05 Å². The highest BCUT2D eigenvalue weighted by Crippen LogP contribution is 2.28. The zero-order valence-corrected chi connectivity index (χ0v) is 12.7. The number of amides is 1. The van der Waals surface area contributed by atoms with Gasteiger partial charge in [0.25, 0.3) is 5.91 Å². The normalized spacial score (nSPS) is 10.5. The Morgan fingerprint density at radius 2 is 2.16 bits per heavy atom. The number of furan rings is 1. The first-order valence-corrected chi connectivity index (χ1v) is 6.70. The molecule has 0 bridgehead atoms. The van der Waals surface area contributed by atoms with Crippen LogP contribution in [0.15, 0.2) is 33.4 Å². The lowest BCUT2D eigenvalue weighted by atomic mass is 10.2. The number of halogens is 1. The fourth-order valence-corrected chi connectivity index (χ4v) is 2.46. The molecule has 0 saturated carbocycles. The summed E-state index contributed by atoms with van der Waals surface area (Å²) < 4.78 is 6.19. The van der Waals surface area contributed by atoms with Gasteiger partial charge in [0.05, 0.1) is 10.0 Å². The summed E-state index contributed by atoms with van der Waals surface area (Å²) in [4.78, 5) is 18.1. The topological polar surface area (TPSA) is 46.3 Å². The van der Waals surface area contributed by atoms with Crippen LogP contribution in [0.2, 0.25) is 0 Å². The highest BCUT2D eigenvalue weighted by atomic mass is 79.9. The van der Waals surface area contributed by atoms with Gasteiger partial charge in [-0.2, -0.15) is 0 Å². The highest BCUT2D eigenvalue weighted by Gasteiger charge is 2.22. The van der Waals surface area contributed by atoms with Gasteiger partial charge in [0.15, 0.2) is 0 Å². The van der Waals surface area contributed by atoms with Crippen LogP contribution in [0.4, 0.5) is 0 Å². The molecule has 0 saturated heterocycles. The van der Waals surface area contributed by atoms with Crippen molar-refractivity contribution < 1.29 is 9.21 Å². The van der Waals surface area contributed by atoms with Gasteiger partial charge in [0.2, 0.25) is 0 Å². The molecule has 2 aromatic rings. The molecule has 0 aliphatic heterocycles. The van der Waals surface area contributed by atoms with Gasteiger partial charge in [-0.15, -0.1) is 0 Å². The second-order valence-electron chi connectivity index (χ2n) is 4.43. The Bertz CT molecular complexity index is 593. The quantitative estimate of drug-likeness (QED) is 0.870. The van der Waals surface area contributed by atoms with E-state index in [1.54, 1.807) is 31.3 Å². The van der Waals surface area contributed by atoms with E-state index in [0.717, 1.165) is 15.8 Å². The smallest absolute Gasteiger partial charge is 0.258 e. The van der Waals surface area contributed by atoms with Crippen LogP contribution in [0.5, 0.6) is 0 Å². The monoisotopic (exact) mass is 322 g/mol. The standard InChI is InChI=1S/C14H15BrN2O2/c1-9-12(13(15)10(2)19-9)14(18)17(3)8-11-5-4-6-16-7-11/h4-7H,8H2,1-3H3. The Labute approximate surface area is 120 Å². The van der Waals surface area contributed by atoms with Gasteiger partial charge in [-0.25, -0.2) is 0 Å². The van der Waals surface area contributed by atoms with Gasteiger partial charge < -0.3 is 9.32 Å². The summed E-state index contributed by atoms with van der Waals surface area (Å²) in [5, 5.41) is 0. The van der Waals surface area contributed by atoms with E-state index in [1.807, 2.05) is 19.1 Å². The van der Waals surface area contributed by atoms with E-state index in [-0.39, 0.29) is 5.91 Å². The van der Waals surface area contributed by atoms with Crippen molar-refractivity contribution in [3.8, 4) is 0 Å². The van der Waals surface area contributed by atoms with Crippen LogP contribution in [0.3, 0.4) is 0 Å². The first-order valence-electron chi connectivity index (χ1n) is 5.90. The molecule has 0 N–H and O–H groups in total. The van der Waals surface area contributed by atoms with Crippen LogP contribution in [-0.2, 0) is 6.54 Å².